The predicted molar refractivity (Wildman–Crippen MR) is 138 cm³/mol. The highest BCUT2D eigenvalue weighted by Crippen LogP contribution is 2.47. The molecule has 3 atom stereocenters. The van der Waals surface area contributed by atoms with Crippen LogP contribution in [0.4, 0.5) is 5.95 Å². The monoisotopic (exact) mass is 530 g/mol. The smallest absolute Gasteiger partial charge is 0.225 e. The molecule has 1 aliphatic heterocycles. The van der Waals surface area contributed by atoms with Gasteiger partial charge in [0, 0.05) is 41.2 Å². The predicted octanol–water partition coefficient (Wildman–Crippen LogP) is 3.54. The molecule has 0 radical (unpaired) electrons. The number of ether oxygens (including phenoxy) is 3. The molecule has 4 aromatic rings. The number of aliphatic hydroxyl groups excluding tert-OH is 1. The van der Waals surface area contributed by atoms with Crippen molar-refractivity contribution in [3.05, 3.63) is 53.4 Å². The Hall–Kier alpha value is -3.15. The number of methoxy groups -OCH3 is 2. The molecule has 0 aliphatic carbocycles. The van der Waals surface area contributed by atoms with Crippen molar-refractivity contribution in [1.29, 1.82) is 0 Å². The average molecular weight is 531 g/mol. The summed E-state index contributed by atoms with van der Waals surface area (Å²) in [7, 11) is 3.06. The van der Waals surface area contributed by atoms with Crippen LogP contribution in [0.15, 0.2) is 43.4 Å². The number of aromatic nitrogens is 4. The van der Waals surface area contributed by atoms with E-state index in [4.69, 9.17) is 42.4 Å². The molecule has 3 unspecified atom stereocenters. The third kappa shape index (κ3) is 4.31. The molecule has 3 aromatic heterocycles. The first-order valence-corrected chi connectivity index (χ1v) is 11.8. The summed E-state index contributed by atoms with van der Waals surface area (Å²) in [5, 5.41) is 17.7. The molecule has 4 heterocycles. The maximum Gasteiger partial charge on any atom is 0.225 e. The Morgan fingerprint density at radius 2 is 1.86 bits per heavy atom. The van der Waals surface area contributed by atoms with E-state index >= 15 is 0 Å². The minimum atomic E-state index is -0.837. The zero-order chi connectivity index (χ0) is 25.4. The highest BCUT2D eigenvalue weighted by molar-refractivity contribution is 6.41. The standard InChI is InChI=1S/C24H24Cl2N6O4/c1-4-18(33)29-14-10-36-11-15(14)30-24-28-9-12-7-13(23-27-5-6-32(23)22(12)31-24)19-20(25)16(34-2)8-17(35-3)21(19)26/h4-9,14-15,18,29,33H,1,10-11H2,2-3H3,(H,28,30,31). The maximum atomic E-state index is 9.87. The summed E-state index contributed by atoms with van der Waals surface area (Å²) in [5.41, 5.74) is 2.45. The molecule has 10 nitrogen and oxygen atoms in total. The maximum absolute atomic E-state index is 9.87. The van der Waals surface area contributed by atoms with Gasteiger partial charge < -0.3 is 24.6 Å². The quantitative estimate of drug-likeness (QED) is 0.232. The van der Waals surface area contributed by atoms with Crippen molar-refractivity contribution in [2.45, 2.75) is 18.3 Å². The zero-order valence-corrected chi connectivity index (χ0v) is 21.0. The number of nitrogens with one attached hydrogen (secondary N) is 2. The van der Waals surface area contributed by atoms with E-state index in [9.17, 15) is 5.11 Å². The second kappa shape index (κ2) is 10.1. The molecule has 0 spiro atoms. The fourth-order valence-corrected chi connectivity index (χ4v) is 4.96. The largest absolute Gasteiger partial charge is 0.495 e. The number of pyridine rings is 1. The van der Waals surface area contributed by atoms with Gasteiger partial charge in [-0.2, -0.15) is 4.98 Å². The van der Waals surface area contributed by atoms with Crippen molar-refractivity contribution in [3.63, 3.8) is 0 Å². The van der Waals surface area contributed by atoms with Gasteiger partial charge in [0.25, 0.3) is 0 Å². The average Bonchev–Trinajstić information content (AvgIpc) is 3.54. The summed E-state index contributed by atoms with van der Waals surface area (Å²) in [6, 6.07) is 3.25. The van der Waals surface area contributed by atoms with Gasteiger partial charge in [-0.15, -0.1) is 0 Å². The van der Waals surface area contributed by atoms with Gasteiger partial charge in [-0.05, 0) is 12.1 Å². The zero-order valence-electron chi connectivity index (χ0n) is 19.5. The van der Waals surface area contributed by atoms with E-state index in [0.29, 0.717) is 63.1 Å². The molecule has 0 saturated carbocycles. The summed E-state index contributed by atoms with van der Waals surface area (Å²) in [6.07, 6.45) is 5.78. The number of fused-ring (bicyclic) bond motifs is 3. The molecule has 0 amide bonds. The van der Waals surface area contributed by atoms with Crippen LogP contribution in [-0.2, 0) is 4.74 Å². The number of hydrogen-bond donors (Lipinski definition) is 3. The topological polar surface area (TPSA) is 115 Å². The molecule has 188 valence electrons. The minimum Gasteiger partial charge on any atom is -0.495 e. The molecule has 3 N–H and O–H groups in total. The number of hydrogen-bond acceptors (Lipinski definition) is 9. The molecule has 1 saturated heterocycles. The van der Waals surface area contributed by atoms with E-state index in [1.165, 1.54) is 20.3 Å². The summed E-state index contributed by atoms with van der Waals surface area (Å²) in [6.45, 7) is 4.47. The van der Waals surface area contributed by atoms with Crippen LogP contribution in [0.25, 0.3) is 27.8 Å². The number of benzene rings is 1. The fourth-order valence-electron chi connectivity index (χ4n) is 4.26. The van der Waals surface area contributed by atoms with Crippen molar-refractivity contribution in [3.8, 4) is 22.6 Å². The Kier molecular flexibility index (Phi) is 6.87. The summed E-state index contributed by atoms with van der Waals surface area (Å²) >= 11 is 13.4. The molecule has 12 heteroatoms. The first-order valence-electron chi connectivity index (χ1n) is 11.1. The lowest BCUT2D eigenvalue weighted by Crippen LogP contribution is -2.47. The van der Waals surface area contributed by atoms with Crippen molar-refractivity contribution in [1.82, 2.24) is 24.7 Å². The second-order valence-corrected chi connectivity index (χ2v) is 8.93. The first kappa shape index (κ1) is 24.5. The molecule has 5 rings (SSSR count). The lowest BCUT2D eigenvalue weighted by atomic mass is 10.0. The number of imidazole rings is 1. The van der Waals surface area contributed by atoms with E-state index in [-0.39, 0.29) is 12.1 Å². The number of rotatable bonds is 8. The molecule has 0 bridgehead atoms. The van der Waals surface area contributed by atoms with Crippen LogP contribution in [0.2, 0.25) is 10.0 Å². The van der Waals surface area contributed by atoms with Crippen LogP contribution in [0.3, 0.4) is 0 Å². The van der Waals surface area contributed by atoms with Gasteiger partial charge >= 0.3 is 0 Å². The SMILES string of the molecule is C=CC(O)NC1COCC1Nc1ncc2cc(-c3c(Cl)c(OC)cc(OC)c3Cl)c3nccn3c2n1. The van der Waals surface area contributed by atoms with Gasteiger partial charge in [0.15, 0.2) is 5.65 Å². The Morgan fingerprint density at radius 1 is 1.14 bits per heavy atom. The Bertz CT molecular complexity index is 1420. The fraction of sp³-hybridized carbons (Fsp3) is 0.292. The lowest BCUT2D eigenvalue weighted by molar-refractivity contribution is 0.149. The number of halogens is 2. The van der Waals surface area contributed by atoms with Crippen LogP contribution in [0, 0.1) is 0 Å². The first-order chi connectivity index (χ1) is 17.4. The number of aliphatic hydroxyl groups is 1. The summed E-state index contributed by atoms with van der Waals surface area (Å²) in [4.78, 5) is 13.8. The van der Waals surface area contributed by atoms with Crippen molar-refractivity contribution >= 4 is 45.8 Å². The van der Waals surface area contributed by atoms with Crippen LogP contribution in [0.5, 0.6) is 11.5 Å². The van der Waals surface area contributed by atoms with Crippen molar-refractivity contribution in [2.24, 2.45) is 0 Å². The van der Waals surface area contributed by atoms with Crippen LogP contribution < -0.4 is 20.1 Å². The molecular weight excluding hydrogens is 507 g/mol. The van der Waals surface area contributed by atoms with Crippen LogP contribution in [-0.4, -0.2) is 70.2 Å². The third-order valence-electron chi connectivity index (χ3n) is 6.05. The summed E-state index contributed by atoms with van der Waals surface area (Å²) in [5.74, 6) is 1.27. The summed E-state index contributed by atoms with van der Waals surface area (Å²) < 4.78 is 18.3. The molecule has 1 aromatic carbocycles. The van der Waals surface area contributed by atoms with Crippen molar-refractivity contribution < 1.29 is 19.3 Å². The van der Waals surface area contributed by atoms with Gasteiger partial charge in [0.05, 0.1) is 49.6 Å². The Balaban J connectivity index is 1.58. The molecule has 1 fully saturated rings. The highest BCUT2D eigenvalue weighted by Gasteiger charge is 2.30. The number of nitrogens with zero attached hydrogens (tertiary/aromatic N) is 4. The normalized spacial score (nSPS) is 18.5. The van der Waals surface area contributed by atoms with Gasteiger partial charge in [-0.3, -0.25) is 9.72 Å². The minimum absolute atomic E-state index is 0.139. The Morgan fingerprint density at radius 3 is 2.56 bits per heavy atom. The lowest BCUT2D eigenvalue weighted by Gasteiger charge is -2.22. The highest BCUT2D eigenvalue weighted by atomic mass is 35.5. The van der Waals surface area contributed by atoms with Crippen LogP contribution in [0.1, 0.15) is 0 Å². The number of anilines is 1. The van der Waals surface area contributed by atoms with E-state index < -0.39 is 6.23 Å². The van der Waals surface area contributed by atoms with E-state index in [1.54, 1.807) is 24.7 Å². The van der Waals surface area contributed by atoms with E-state index in [1.807, 2.05) is 10.5 Å². The third-order valence-corrected chi connectivity index (χ3v) is 6.80. The van der Waals surface area contributed by atoms with E-state index in [2.05, 4.69) is 27.2 Å². The van der Waals surface area contributed by atoms with Gasteiger partial charge in [0.2, 0.25) is 5.95 Å². The van der Waals surface area contributed by atoms with E-state index in [0.717, 1.165) is 5.39 Å². The van der Waals surface area contributed by atoms with Crippen molar-refractivity contribution in [2.75, 3.05) is 32.8 Å². The second-order valence-electron chi connectivity index (χ2n) is 8.18. The molecular formula is C24H24Cl2N6O4. The Labute approximate surface area is 216 Å². The molecule has 1 aliphatic rings. The van der Waals surface area contributed by atoms with Gasteiger partial charge in [-0.25, -0.2) is 9.97 Å². The molecule has 36 heavy (non-hydrogen) atoms. The van der Waals surface area contributed by atoms with Gasteiger partial charge in [-0.1, -0.05) is 29.8 Å². The van der Waals surface area contributed by atoms with Crippen LogP contribution >= 0.6 is 23.2 Å². The van der Waals surface area contributed by atoms with Gasteiger partial charge in [0.1, 0.15) is 23.4 Å².